The number of pyridine rings is 1. The number of ketones is 1. The molecule has 0 unspecified atom stereocenters. The van der Waals surface area contributed by atoms with E-state index in [-0.39, 0.29) is 11.0 Å². The highest BCUT2D eigenvalue weighted by Gasteiger charge is 2.13. The van der Waals surface area contributed by atoms with Gasteiger partial charge >= 0.3 is 0 Å². The predicted octanol–water partition coefficient (Wildman–Crippen LogP) is 4.63. The molecule has 2 aromatic carbocycles. The number of nitrogens with one attached hydrogen (secondary N) is 1. The molecule has 1 atom stereocenters. The van der Waals surface area contributed by atoms with E-state index >= 15 is 0 Å². The Labute approximate surface area is 161 Å². The van der Waals surface area contributed by atoms with E-state index in [2.05, 4.69) is 39.2 Å². The van der Waals surface area contributed by atoms with Gasteiger partial charge in [0.2, 0.25) is 0 Å². The molecule has 1 N–H and O–H groups in total. The van der Waals surface area contributed by atoms with Gasteiger partial charge in [0.1, 0.15) is 12.0 Å². The number of nitrogens with zero attached hydrogens (tertiary/aromatic N) is 3. The normalized spacial score (nSPS) is 12.2. The molecule has 0 fully saturated rings. The molecule has 0 spiro atoms. The van der Waals surface area contributed by atoms with Crippen molar-refractivity contribution in [1.29, 1.82) is 0 Å². The molecule has 5 nitrogen and oxygen atoms in total. The average molecular weight is 374 g/mol. The third kappa shape index (κ3) is 4.06. The summed E-state index contributed by atoms with van der Waals surface area (Å²) in [6, 6.07) is 17.9. The molecule has 0 saturated heterocycles. The fraction of sp³-hybridized carbons (Fsp3) is 0.143. The van der Waals surface area contributed by atoms with E-state index in [4.69, 9.17) is 0 Å². The van der Waals surface area contributed by atoms with Crippen molar-refractivity contribution in [2.24, 2.45) is 0 Å². The van der Waals surface area contributed by atoms with Crippen molar-refractivity contribution >= 4 is 28.3 Å². The minimum absolute atomic E-state index is 0.0217. The molecule has 27 heavy (non-hydrogen) atoms. The van der Waals surface area contributed by atoms with Crippen LogP contribution in [0.1, 0.15) is 33.8 Å². The van der Waals surface area contributed by atoms with E-state index in [0.717, 1.165) is 27.1 Å². The summed E-state index contributed by atoms with van der Waals surface area (Å²) < 4.78 is 0. The van der Waals surface area contributed by atoms with Crippen molar-refractivity contribution in [2.75, 3.05) is 0 Å². The Balaban J connectivity index is 1.50. The minimum Gasteiger partial charge on any atom is -0.292 e. The number of hydrogen-bond donors (Lipinski definition) is 1. The van der Waals surface area contributed by atoms with Crippen LogP contribution in [0.5, 0.6) is 0 Å². The summed E-state index contributed by atoms with van der Waals surface area (Å²) in [5.74, 6) is 0.0217. The molecule has 4 aromatic rings. The Morgan fingerprint density at radius 1 is 1.07 bits per heavy atom. The predicted molar refractivity (Wildman–Crippen MR) is 107 cm³/mol. The molecule has 2 heterocycles. The van der Waals surface area contributed by atoms with Gasteiger partial charge in [-0.2, -0.15) is 5.10 Å². The van der Waals surface area contributed by atoms with E-state index in [1.54, 1.807) is 18.0 Å². The lowest BCUT2D eigenvalue weighted by Crippen LogP contribution is -2.06. The highest BCUT2D eigenvalue weighted by Crippen LogP contribution is 2.32. The third-order valence-electron chi connectivity index (χ3n) is 4.38. The van der Waals surface area contributed by atoms with Crippen LogP contribution in [-0.2, 0) is 6.42 Å². The zero-order valence-corrected chi connectivity index (χ0v) is 15.6. The van der Waals surface area contributed by atoms with Gasteiger partial charge in [0.05, 0.1) is 0 Å². The van der Waals surface area contributed by atoms with Crippen LogP contribution in [0.2, 0.25) is 0 Å². The van der Waals surface area contributed by atoms with Crippen LogP contribution in [0.15, 0.2) is 72.3 Å². The summed E-state index contributed by atoms with van der Waals surface area (Å²) in [7, 11) is 0. The second-order valence-corrected chi connectivity index (χ2v) is 7.64. The highest BCUT2D eigenvalue weighted by atomic mass is 32.2. The summed E-state index contributed by atoms with van der Waals surface area (Å²) in [6.45, 7) is 2.11. The first kappa shape index (κ1) is 17.4. The molecular weight excluding hydrogens is 356 g/mol. The first-order valence-corrected chi connectivity index (χ1v) is 9.56. The Hall–Kier alpha value is -2.99. The number of H-pyrrole nitrogens is 1. The Morgan fingerprint density at radius 3 is 2.74 bits per heavy atom. The second kappa shape index (κ2) is 7.72. The number of aromatic nitrogens is 4. The Bertz CT molecular complexity index is 1080. The van der Waals surface area contributed by atoms with E-state index in [1.165, 1.54) is 6.33 Å². The number of hydrogen-bond acceptors (Lipinski definition) is 5. The number of fused-ring (bicyclic) bond motifs is 1. The van der Waals surface area contributed by atoms with Crippen molar-refractivity contribution in [3.63, 3.8) is 0 Å². The Morgan fingerprint density at radius 2 is 1.93 bits per heavy atom. The first-order chi connectivity index (χ1) is 13.2. The molecule has 2 aromatic heterocycles. The SMILES string of the molecule is C[C@H](Sc1ncn[nH]1)c1cccc(CC(=O)c2cc3ccccc3cn2)c1. The molecule has 0 bridgehead atoms. The number of Topliss-reactive ketones (excluding diaryl/α,β-unsaturated/α-hetero) is 1. The number of rotatable bonds is 6. The van der Waals surface area contributed by atoms with Gasteiger partial charge in [-0.25, -0.2) is 4.98 Å². The van der Waals surface area contributed by atoms with Gasteiger partial charge in [-0.05, 0) is 29.5 Å². The zero-order chi connectivity index (χ0) is 18.6. The largest absolute Gasteiger partial charge is 0.292 e. The lowest BCUT2D eigenvalue weighted by molar-refractivity contribution is 0.0988. The van der Waals surface area contributed by atoms with Crippen molar-refractivity contribution in [3.05, 3.63) is 83.9 Å². The maximum absolute atomic E-state index is 12.7. The zero-order valence-electron chi connectivity index (χ0n) is 14.8. The maximum Gasteiger partial charge on any atom is 0.185 e. The minimum atomic E-state index is 0.0217. The van der Waals surface area contributed by atoms with Gasteiger partial charge in [0, 0.05) is 23.3 Å². The monoisotopic (exact) mass is 374 g/mol. The fourth-order valence-electron chi connectivity index (χ4n) is 2.95. The molecule has 0 aliphatic carbocycles. The summed E-state index contributed by atoms with van der Waals surface area (Å²) in [6.07, 6.45) is 3.59. The second-order valence-electron chi connectivity index (χ2n) is 6.31. The molecule has 0 radical (unpaired) electrons. The Kier molecular flexibility index (Phi) is 4.98. The van der Waals surface area contributed by atoms with E-state index < -0.39 is 0 Å². The van der Waals surface area contributed by atoms with Gasteiger partial charge in [0.25, 0.3) is 0 Å². The van der Waals surface area contributed by atoms with Gasteiger partial charge in [0.15, 0.2) is 10.9 Å². The van der Waals surface area contributed by atoms with Gasteiger partial charge < -0.3 is 0 Å². The summed E-state index contributed by atoms with van der Waals surface area (Å²) in [4.78, 5) is 21.2. The van der Waals surface area contributed by atoms with Gasteiger partial charge in [-0.15, -0.1) is 0 Å². The molecule has 0 aliphatic heterocycles. The number of carbonyl (C=O) groups is 1. The number of aromatic amines is 1. The molecule has 0 saturated carbocycles. The maximum atomic E-state index is 12.7. The lowest BCUT2D eigenvalue weighted by Gasteiger charge is -2.11. The number of carbonyl (C=O) groups excluding carboxylic acids is 1. The molecule has 6 heteroatoms. The van der Waals surface area contributed by atoms with E-state index in [9.17, 15) is 4.79 Å². The van der Waals surface area contributed by atoms with Crippen LogP contribution in [0, 0.1) is 0 Å². The molecule has 4 rings (SSSR count). The number of thioether (sulfide) groups is 1. The first-order valence-electron chi connectivity index (χ1n) is 8.68. The molecule has 0 amide bonds. The van der Waals surface area contributed by atoms with Crippen LogP contribution in [0.4, 0.5) is 0 Å². The highest BCUT2D eigenvalue weighted by molar-refractivity contribution is 7.99. The average Bonchev–Trinajstić information content (AvgIpc) is 3.21. The lowest BCUT2D eigenvalue weighted by atomic mass is 10.0. The van der Waals surface area contributed by atoms with E-state index in [1.807, 2.05) is 42.5 Å². The quantitative estimate of drug-likeness (QED) is 0.393. The summed E-state index contributed by atoms with van der Waals surface area (Å²) >= 11 is 1.60. The van der Waals surface area contributed by atoms with Crippen molar-refractivity contribution in [2.45, 2.75) is 23.8 Å². The number of benzene rings is 2. The van der Waals surface area contributed by atoms with Crippen LogP contribution in [-0.4, -0.2) is 25.9 Å². The van der Waals surface area contributed by atoms with Crippen molar-refractivity contribution in [1.82, 2.24) is 20.2 Å². The van der Waals surface area contributed by atoms with Crippen molar-refractivity contribution < 1.29 is 4.79 Å². The molecule has 134 valence electrons. The van der Waals surface area contributed by atoms with E-state index in [0.29, 0.717) is 12.1 Å². The van der Waals surface area contributed by atoms with Crippen LogP contribution in [0.3, 0.4) is 0 Å². The van der Waals surface area contributed by atoms with Crippen LogP contribution < -0.4 is 0 Å². The van der Waals surface area contributed by atoms with Crippen molar-refractivity contribution in [3.8, 4) is 0 Å². The van der Waals surface area contributed by atoms with Gasteiger partial charge in [-0.1, -0.05) is 60.3 Å². The topological polar surface area (TPSA) is 71.5 Å². The van der Waals surface area contributed by atoms with Crippen LogP contribution in [0.25, 0.3) is 10.8 Å². The summed E-state index contributed by atoms with van der Waals surface area (Å²) in [5, 5.41) is 9.78. The third-order valence-corrected chi connectivity index (χ3v) is 5.43. The summed E-state index contributed by atoms with van der Waals surface area (Å²) in [5.41, 5.74) is 2.63. The molecule has 0 aliphatic rings. The van der Waals surface area contributed by atoms with Crippen LogP contribution >= 0.6 is 11.8 Å². The smallest absolute Gasteiger partial charge is 0.185 e. The van der Waals surface area contributed by atoms with Gasteiger partial charge in [-0.3, -0.25) is 14.9 Å². The molecular formula is C21H18N4OS. The standard InChI is InChI=1S/C21H18N4OS/c1-14(27-21-23-13-24-25-21)16-8-4-5-15(9-16)10-20(26)19-11-17-6-2-3-7-18(17)12-22-19/h2-9,11-14H,10H2,1H3,(H,23,24,25)/t14-/m0/s1. The fourth-order valence-corrected chi connectivity index (χ4v) is 3.79.